The first-order valence-electron chi connectivity index (χ1n) is 7.52. The van der Waals surface area contributed by atoms with Crippen molar-refractivity contribution in [3.63, 3.8) is 0 Å². The van der Waals surface area contributed by atoms with Crippen LogP contribution in [0.1, 0.15) is 52.5 Å². The molecule has 3 heteroatoms. The average molecular weight is 316 g/mol. The highest BCUT2D eigenvalue weighted by molar-refractivity contribution is 6.33. The fraction of sp³-hybridized carbons (Fsp3) is 0.647. The van der Waals surface area contributed by atoms with Gasteiger partial charge in [0.1, 0.15) is 0 Å². The zero-order valence-electron chi connectivity index (χ0n) is 13.1. The van der Waals surface area contributed by atoms with Crippen LogP contribution in [-0.2, 0) is 6.42 Å². The van der Waals surface area contributed by atoms with Gasteiger partial charge >= 0.3 is 0 Å². The van der Waals surface area contributed by atoms with E-state index >= 15 is 0 Å². The first-order chi connectivity index (χ1) is 9.34. The number of benzene rings is 1. The summed E-state index contributed by atoms with van der Waals surface area (Å²) in [5, 5.41) is 5.25. The second-order valence-electron chi connectivity index (χ2n) is 6.50. The van der Waals surface area contributed by atoms with Crippen LogP contribution in [0.3, 0.4) is 0 Å². The maximum Gasteiger partial charge on any atom is 0.0439 e. The molecule has 1 unspecified atom stereocenters. The molecule has 0 aliphatic rings. The van der Waals surface area contributed by atoms with E-state index in [1.54, 1.807) is 0 Å². The van der Waals surface area contributed by atoms with Crippen LogP contribution in [0.2, 0.25) is 10.0 Å². The molecule has 0 aromatic heterocycles. The van der Waals surface area contributed by atoms with Crippen molar-refractivity contribution in [2.75, 3.05) is 6.54 Å². The van der Waals surface area contributed by atoms with Gasteiger partial charge in [0, 0.05) is 16.1 Å². The van der Waals surface area contributed by atoms with E-state index in [0.717, 1.165) is 41.4 Å². The molecule has 0 spiro atoms. The molecule has 0 saturated carbocycles. The summed E-state index contributed by atoms with van der Waals surface area (Å²) in [6.07, 6.45) is 4.44. The summed E-state index contributed by atoms with van der Waals surface area (Å²) < 4.78 is 0. The first kappa shape index (κ1) is 17.8. The molecule has 0 fully saturated rings. The van der Waals surface area contributed by atoms with Gasteiger partial charge in [-0.05, 0) is 61.4 Å². The van der Waals surface area contributed by atoms with Gasteiger partial charge in [0.05, 0.1) is 0 Å². The lowest BCUT2D eigenvalue weighted by Crippen LogP contribution is -2.40. The second kappa shape index (κ2) is 8.26. The Balaban J connectivity index is 2.53. The molecular weight excluding hydrogens is 289 g/mol. The number of nitrogens with one attached hydrogen (secondary N) is 1. The summed E-state index contributed by atoms with van der Waals surface area (Å²) in [4.78, 5) is 0. The third-order valence-electron chi connectivity index (χ3n) is 3.63. The summed E-state index contributed by atoms with van der Waals surface area (Å²) in [7, 11) is 0. The summed E-state index contributed by atoms with van der Waals surface area (Å²) in [6.45, 7) is 10.2. The van der Waals surface area contributed by atoms with Crippen LogP contribution in [-0.4, -0.2) is 12.6 Å². The standard InChI is InChI=1S/C17H27Cl2N/c1-5-11-20-16(17(2,3)4)8-6-7-13-12-14(18)9-10-15(13)19/h9-10,12,16,20H,5-8,11H2,1-4H3. The van der Waals surface area contributed by atoms with Crippen molar-refractivity contribution >= 4 is 23.2 Å². The van der Waals surface area contributed by atoms with Crippen molar-refractivity contribution < 1.29 is 0 Å². The van der Waals surface area contributed by atoms with Crippen LogP contribution in [0.15, 0.2) is 18.2 Å². The molecule has 20 heavy (non-hydrogen) atoms. The van der Waals surface area contributed by atoms with Crippen LogP contribution >= 0.6 is 23.2 Å². The topological polar surface area (TPSA) is 12.0 Å². The molecule has 0 bridgehead atoms. The van der Waals surface area contributed by atoms with Gasteiger partial charge in [-0.2, -0.15) is 0 Å². The van der Waals surface area contributed by atoms with E-state index in [1.807, 2.05) is 18.2 Å². The predicted octanol–water partition coefficient (Wildman–Crippen LogP) is 5.73. The Morgan fingerprint density at radius 2 is 1.90 bits per heavy atom. The summed E-state index contributed by atoms with van der Waals surface area (Å²) in [5.74, 6) is 0. The Morgan fingerprint density at radius 3 is 2.50 bits per heavy atom. The normalized spacial score (nSPS) is 13.5. The fourth-order valence-corrected chi connectivity index (χ4v) is 2.80. The quantitative estimate of drug-likeness (QED) is 0.677. The molecule has 114 valence electrons. The van der Waals surface area contributed by atoms with Crippen molar-refractivity contribution in [2.45, 2.75) is 59.4 Å². The molecule has 1 aromatic rings. The third-order valence-corrected chi connectivity index (χ3v) is 4.24. The predicted molar refractivity (Wildman–Crippen MR) is 90.9 cm³/mol. The number of hydrogen-bond acceptors (Lipinski definition) is 1. The van der Waals surface area contributed by atoms with E-state index in [9.17, 15) is 0 Å². The van der Waals surface area contributed by atoms with Crippen molar-refractivity contribution in [3.8, 4) is 0 Å². The van der Waals surface area contributed by atoms with Gasteiger partial charge in [-0.1, -0.05) is 50.9 Å². The lowest BCUT2D eigenvalue weighted by atomic mass is 9.83. The lowest BCUT2D eigenvalue weighted by Gasteiger charge is -2.32. The zero-order chi connectivity index (χ0) is 15.2. The largest absolute Gasteiger partial charge is 0.313 e. The smallest absolute Gasteiger partial charge is 0.0439 e. The molecule has 0 heterocycles. The Hall–Kier alpha value is -0.240. The second-order valence-corrected chi connectivity index (χ2v) is 7.34. The van der Waals surface area contributed by atoms with Crippen LogP contribution in [0.5, 0.6) is 0 Å². The highest BCUT2D eigenvalue weighted by Crippen LogP contribution is 2.26. The minimum Gasteiger partial charge on any atom is -0.313 e. The van der Waals surface area contributed by atoms with Gasteiger partial charge < -0.3 is 5.32 Å². The van der Waals surface area contributed by atoms with E-state index in [1.165, 1.54) is 6.42 Å². The van der Waals surface area contributed by atoms with Gasteiger partial charge in [0.15, 0.2) is 0 Å². The summed E-state index contributed by atoms with van der Waals surface area (Å²) in [6, 6.07) is 6.25. The van der Waals surface area contributed by atoms with E-state index in [2.05, 4.69) is 33.0 Å². The van der Waals surface area contributed by atoms with Gasteiger partial charge in [-0.3, -0.25) is 0 Å². The van der Waals surface area contributed by atoms with Gasteiger partial charge in [0.2, 0.25) is 0 Å². The summed E-state index contributed by atoms with van der Waals surface area (Å²) in [5.41, 5.74) is 1.44. The molecule has 1 rings (SSSR count). The monoisotopic (exact) mass is 315 g/mol. The van der Waals surface area contributed by atoms with E-state index in [-0.39, 0.29) is 5.41 Å². The highest BCUT2D eigenvalue weighted by atomic mass is 35.5. The van der Waals surface area contributed by atoms with Crippen molar-refractivity contribution in [2.24, 2.45) is 5.41 Å². The van der Waals surface area contributed by atoms with Crippen LogP contribution in [0.4, 0.5) is 0 Å². The Labute approximate surface area is 134 Å². The molecule has 1 aromatic carbocycles. The molecule has 0 aliphatic carbocycles. The summed E-state index contributed by atoms with van der Waals surface area (Å²) >= 11 is 12.2. The average Bonchev–Trinajstić information content (AvgIpc) is 2.36. The Kier molecular flexibility index (Phi) is 7.36. The van der Waals surface area contributed by atoms with Crippen molar-refractivity contribution in [3.05, 3.63) is 33.8 Å². The fourth-order valence-electron chi connectivity index (χ4n) is 2.39. The van der Waals surface area contributed by atoms with E-state index in [0.29, 0.717) is 6.04 Å². The molecule has 0 aliphatic heterocycles. The molecule has 1 atom stereocenters. The minimum atomic E-state index is 0.285. The van der Waals surface area contributed by atoms with Crippen LogP contribution in [0.25, 0.3) is 0 Å². The Morgan fingerprint density at radius 1 is 1.20 bits per heavy atom. The number of aryl methyl sites for hydroxylation is 1. The molecule has 0 saturated heterocycles. The Bertz CT molecular complexity index is 410. The number of rotatable bonds is 7. The van der Waals surface area contributed by atoms with Crippen molar-refractivity contribution in [1.82, 2.24) is 5.32 Å². The maximum atomic E-state index is 6.21. The molecule has 0 radical (unpaired) electrons. The highest BCUT2D eigenvalue weighted by Gasteiger charge is 2.23. The lowest BCUT2D eigenvalue weighted by molar-refractivity contribution is 0.251. The molecule has 1 N–H and O–H groups in total. The van der Waals surface area contributed by atoms with E-state index < -0.39 is 0 Å². The van der Waals surface area contributed by atoms with Crippen LogP contribution < -0.4 is 5.32 Å². The van der Waals surface area contributed by atoms with Gasteiger partial charge in [0.25, 0.3) is 0 Å². The van der Waals surface area contributed by atoms with Gasteiger partial charge in [-0.25, -0.2) is 0 Å². The molecule has 0 amide bonds. The SMILES string of the molecule is CCCNC(CCCc1cc(Cl)ccc1Cl)C(C)(C)C. The van der Waals surface area contributed by atoms with Crippen molar-refractivity contribution in [1.29, 1.82) is 0 Å². The number of halogens is 2. The number of hydrogen-bond donors (Lipinski definition) is 1. The third kappa shape index (κ3) is 6.03. The first-order valence-corrected chi connectivity index (χ1v) is 8.27. The zero-order valence-corrected chi connectivity index (χ0v) is 14.6. The molecular formula is C17H27Cl2N. The van der Waals surface area contributed by atoms with Crippen LogP contribution in [0, 0.1) is 5.41 Å². The maximum absolute atomic E-state index is 6.21. The molecule has 1 nitrogen and oxygen atoms in total. The van der Waals surface area contributed by atoms with Gasteiger partial charge in [-0.15, -0.1) is 0 Å². The minimum absolute atomic E-state index is 0.285. The van der Waals surface area contributed by atoms with E-state index in [4.69, 9.17) is 23.2 Å².